The zero-order chi connectivity index (χ0) is 17.5. The summed E-state index contributed by atoms with van der Waals surface area (Å²) in [6.07, 6.45) is 3.01. The number of aryl methyl sites for hydroxylation is 1. The molecule has 132 valence electrons. The second-order valence-electron chi connectivity index (χ2n) is 5.32. The molecular weight excluding hydrogens is 362 g/mol. The van der Waals surface area contributed by atoms with Crippen LogP contribution in [0.5, 0.6) is 5.88 Å². The number of hydrogen-bond acceptors (Lipinski definition) is 8. The van der Waals surface area contributed by atoms with Crippen LogP contribution in [0, 0.1) is 6.92 Å². The average molecular weight is 386 g/mol. The first-order chi connectivity index (χ1) is 11.6. The molecule has 0 amide bonds. The van der Waals surface area contributed by atoms with Gasteiger partial charge in [0.15, 0.2) is 9.49 Å². The average Bonchev–Trinajstić information content (AvgIpc) is 3.13. The second-order valence-corrected chi connectivity index (χ2v) is 8.05. The van der Waals surface area contributed by atoms with Crippen molar-refractivity contribution in [3.63, 3.8) is 0 Å². The fourth-order valence-electron chi connectivity index (χ4n) is 2.25. The fourth-order valence-corrected chi connectivity index (χ4v) is 4.81. The van der Waals surface area contributed by atoms with Crippen molar-refractivity contribution in [2.24, 2.45) is 4.99 Å². The Morgan fingerprint density at radius 2 is 2.08 bits per heavy atom. The van der Waals surface area contributed by atoms with Crippen LogP contribution in [0.1, 0.15) is 37.9 Å². The standard InChI is InChI=1S/C11H19N3O.C4H4N2S3/c1-4-6-7-9-8(3)13-11(12-5-2)14-10(9)15;7-4-6-2-1-5-3(6)8-9-4/h4-7H2,1-3H3,(H2,12,13,14,15);1-2H2. The van der Waals surface area contributed by atoms with Gasteiger partial charge < -0.3 is 15.3 Å². The zero-order valence-corrected chi connectivity index (χ0v) is 16.7. The fraction of sp³-hybridized carbons (Fsp3) is 0.600. The molecule has 2 N–H and O–H groups in total. The van der Waals surface area contributed by atoms with Crippen LogP contribution < -0.4 is 5.32 Å². The molecule has 0 radical (unpaired) electrons. The summed E-state index contributed by atoms with van der Waals surface area (Å²) in [5.74, 6) is 0.625. The summed E-state index contributed by atoms with van der Waals surface area (Å²) < 4.78 is 0.969. The number of anilines is 1. The lowest BCUT2D eigenvalue weighted by atomic mass is 10.1. The Hall–Kier alpha value is -1.06. The quantitative estimate of drug-likeness (QED) is 0.588. The first kappa shape index (κ1) is 19.3. The molecule has 24 heavy (non-hydrogen) atoms. The van der Waals surface area contributed by atoms with Gasteiger partial charge in [-0.15, -0.1) is 0 Å². The number of aromatic hydroxyl groups is 1. The summed E-state index contributed by atoms with van der Waals surface area (Å²) in [6, 6.07) is 0. The van der Waals surface area contributed by atoms with E-state index in [4.69, 9.17) is 12.2 Å². The Morgan fingerprint density at radius 1 is 1.29 bits per heavy atom. The molecule has 0 aromatic carbocycles. The highest BCUT2D eigenvalue weighted by molar-refractivity contribution is 8.89. The molecule has 0 unspecified atom stereocenters. The number of amidine groups is 1. The first-order valence-electron chi connectivity index (χ1n) is 8.07. The monoisotopic (exact) mass is 385 g/mol. The molecule has 0 bridgehead atoms. The van der Waals surface area contributed by atoms with E-state index in [2.05, 4.69) is 32.1 Å². The molecule has 1 saturated heterocycles. The van der Waals surface area contributed by atoms with E-state index >= 15 is 0 Å². The summed E-state index contributed by atoms with van der Waals surface area (Å²) in [7, 11) is 3.30. The first-order valence-corrected chi connectivity index (χ1v) is 10.6. The SMILES string of the molecule is CCCCc1c(C)nc(NCC)nc1O.S=C1SSC2=NCCN12. The van der Waals surface area contributed by atoms with E-state index in [-0.39, 0.29) is 5.88 Å². The predicted octanol–water partition coefficient (Wildman–Crippen LogP) is 3.60. The number of rotatable bonds is 5. The number of nitrogens with zero attached hydrogens (tertiary/aromatic N) is 4. The minimum Gasteiger partial charge on any atom is -0.493 e. The van der Waals surface area contributed by atoms with Crippen molar-refractivity contribution in [1.82, 2.24) is 14.9 Å². The summed E-state index contributed by atoms with van der Waals surface area (Å²) in [5, 5.41) is 13.8. The summed E-state index contributed by atoms with van der Waals surface area (Å²) in [6.45, 7) is 8.68. The Kier molecular flexibility index (Phi) is 7.57. The zero-order valence-electron chi connectivity index (χ0n) is 14.2. The van der Waals surface area contributed by atoms with Crippen LogP contribution in [0.3, 0.4) is 0 Å². The maximum absolute atomic E-state index is 9.73. The van der Waals surface area contributed by atoms with Gasteiger partial charge in [0.2, 0.25) is 11.8 Å². The molecule has 1 aromatic rings. The Labute approximate surface area is 156 Å². The van der Waals surface area contributed by atoms with Crippen molar-refractivity contribution in [2.75, 3.05) is 25.0 Å². The summed E-state index contributed by atoms with van der Waals surface area (Å²) in [4.78, 5) is 14.6. The lowest BCUT2D eigenvalue weighted by Gasteiger charge is -2.09. The molecule has 2 aliphatic rings. The highest BCUT2D eigenvalue weighted by atomic mass is 33.1. The summed E-state index contributed by atoms with van der Waals surface area (Å²) >= 11 is 5.04. The molecule has 3 rings (SSSR count). The predicted molar refractivity (Wildman–Crippen MR) is 108 cm³/mol. The van der Waals surface area contributed by atoms with Crippen LogP contribution in [0.2, 0.25) is 0 Å². The molecule has 1 fully saturated rings. The third-order valence-electron chi connectivity index (χ3n) is 3.52. The lowest BCUT2D eigenvalue weighted by Crippen LogP contribution is -2.23. The molecule has 0 spiro atoms. The number of aliphatic imine (C=N–C) groups is 1. The number of thiocarbonyl (C=S) groups is 1. The van der Waals surface area contributed by atoms with Crippen molar-refractivity contribution in [3.05, 3.63) is 11.3 Å². The largest absolute Gasteiger partial charge is 0.493 e. The third-order valence-corrected chi connectivity index (χ3v) is 6.42. The van der Waals surface area contributed by atoms with Crippen LogP contribution in [0.25, 0.3) is 0 Å². The van der Waals surface area contributed by atoms with Crippen molar-refractivity contribution in [3.8, 4) is 5.88 Å². The van der Waals surface area contributed by atoms with E-state index < -0.39 is 0 Å². The Balaban J connectivity index is 0.000000194. The maximum atomic E-state index is 9.73. The van der Waals surface area contributed by atoms with E-state index in [9.17, 15) is 5.11 Å². The van der Waals surface area contributed by atoms with Crippen molar-refractivity contribution >= 4 is 49.2 Å². The number of fused-ring (bicyclic) bond motifs is 1. The van der Waals surface area contributed by atoms with Crippen LogP contribution in [0.15, 0.2) is 4.99 Å². The molecule has 3 heterocycles. The number of hydrogen-bond donors (Lipinski definition) is 2. The normalized spacial score (nSPS) is 15.7. The van der Waals surface area contributed by atoms with E-state index in [1.807, 2.05) is 13.8 Å². The van der Waals surface area contributed by atoms with Gasteiger partial charge >= 0.3 is 0 Å². The molecule has 0 atom stereocenters. The third kappa shape index (κ3) is 4.97. The number of unbranched alkanes of at least 4 members (excludes halogenated alkanes) is 1. The number of nitrogens with one attached hydrogen (secondary N) is 1. The van der Waals surface area contributed by atoms with Crippen molar-refractivity contribution < 1.29 is 5.11 Å². The topological polar surface area (TPSA) is 73.6 Å². The Morgan fingerprint density at radius 3 is 2.71 bits per heavy atom. The van der Waals surface area contributed by atoms with Gasteiger partial charge in [0, 0.05) is 24.3 Å². The van der Waals surface area contributed by atoms with Crippen LogP contribution >= 0.6 is 33.8 Å². The lowest BCUT2D eigenvalue weighted by molar-refractivity contribution is 0.443. The summed E-state index contributed by atoms with van der Waals surface area (Å²) in [5.41, 5.74) is 1.74. The molecule has 0 saturated carbocycles. The molecule has 1 aromatic heterocycles. The van der Waals surface area contributed by atoms with Gasteiger partial charge in [-0.3, -0.25) is 4.99 Å². The highest BCUT2D eigenvalue weighted by Gasteiger charge is 2.28. The molecule has 0 aliphatic carbocycles. The smallest absolute Gasteiger partial charge is 0.226 e. The molecule has 6 nitrogen and oxygen atoms in total. The highest BCUT2D eigenvalue weighted by Crippen LogP contribution is 2.37. The molecule has 9 heteroatoms. The second kappa shape index (κ2) is 9.43. The van der Waals surface area contributed by atoms with E-state index in [1.54, 1.807) is 21.6 Å². The van der Waals surface area contributed by atoms with Gasteiger partial charge in [0.05, 0.1) is 6.54 Å². The Bertz CT molecular complexity index is 600. The van der Waals surface area contributed by atoms with Gasteiger partial charge in [-0.2, -0.15) is 4.98 Å². The van der Waals surface area contributed by atoms with Gasteiger partial charge in [0.1, 0.15) is 0 Å². The van der Waals surface area contributed by atoms with Gasteiger partial charge in [-0.05, 0) is 48.3 Å². The van der Waals surface area contributed by atoms with Gasteiger partial charge in [-0.1, -0.05) is 25.6 Å². The van der Waals surface area contributed by atoms with Gasteiger partial charge in [0.25, 0.3) is 0 Å². The van der Waals surface area contributed by atoms with Crippen LogP contribution in [-0.4, -0.2) is 49.1 Å². The van der Waals surface area contributed by atoms with Crippen molar-refractivity contribution in [1.29, 1.82) is 0 Å². The van der Waals surface area contributed by atoms with Crippen LogP contribution in [-0.2, 0) is 6.42 Å². The van der Waals surface area contributed by atoms with E-state index in [0.29, 0.717) is 5.95 Å². The molecule has 2 aliphatic heterocycles. The van der Waals surface area contributed by atoms with Gasteiger partial charge in [-0.25, -0.2) is 4.98 Å². The maximum Gasteiger partial charge on any atom is 0.226 e. The molecular formula is C15H23N5OS3. The van der Waals surface area contributed by atoms with E-state index in [0.717, 1.165) is 59.6 Å². The van der Waals surface area contributed by atoms with Crippen molar-refractivity contribution in [2.45, 2.75) is 40.0 Å². The minimum absolute atomic E-state index is 0.118. The van der Waals surface area contributed by atoms with Crippen LogP contribution in [0.4, 0.5) is 5.95 Å². The van der Waals surface area contributed by atoms with E-state index in [1.165, 1.54) is 0 Å². The number of aromatic nitrogens is 2. The minimum atomic E-state index is 0.118.